The second-order valence-corrected chi connectivity index (χ2v) is 8.54. The summed E-state index contributed by atoms with van der Waals surface area (Å²) in [6.45, 7) is 3.95. The Labute approximate surface area is 81.5 Å². The number of halogens is 1. The van der Waals surface area contributed by atoms with Gasteiger partial charge in [0.1, 0.15) is 0 Å². The fraction of sp³-hybridized carbons (Fsp3) is 0.875. The van der Waals surface area contributed by atoms with E-state index in [1.807, 2.05) is 4.90 Å². The van der Waals surface area contributed by atoms with Crippen molar-refractivity contribution in [2.45, 2.75) is 0 Å². The van der Waals surface area contributed by atoms with Crippen LogP contribution >= 0.6 is 19.8 Å². The molecule has 0 atom stereocenters. The number of amides is 1. The standard InChI is InChI=1S/C8H17IN2O/c1-9(2)8(12)11-6-4-10(3)5-7-11/h4-7H2,1-3H3. The number of rotatable bonds is 1. The molecule has 0 spiro atoms. The molecule has 0 aliphatic carbocycles. The Bertz CT molecular complexity index is 164. The van der Waals surface area contributed by atoms with E-state index < -0.39 is 19.8 Å². The number of nitrogens with zero attached hydrogens (tertiary/aromatic N) is 2. The summed E-state index contributed by atoms with van der Waals surface area (Å²) >= 11 is -1.25. The normalized spacial score (nSPS) is 20.9. The van der Waals surface area contributed by atoms with Crippen molar-refractivity contribution in [1.29, 1.82) is 0 Å². The third-order valence-corrected chi connectivity index (χ3v) is 4.60. The summed E-state index contributed by atoms with van der Waals surface area (Å²) < 4.78 is 0.451. The van der Waals surface area contributed by atoms with Gasteiger partial charge in [-0.2, -0.15) is 0 Å². The first kappa shape index (κ1) is 10.2. The van der Waals surface area contributed by atoms with E-state index in [0.717, 1.165) is 26.2 Å². The molecular formula is C8H17IN2O. The van der Waals surface area contributed by atoms with E-state index in [1.165, 1.54) is 0 Å². The van der Waals surface area contributed by atoms with Gasteiger partial charge in [-0.3, -0.25) is 0 Å². The van der Waals surface area contributed by atoms with Gasteiger partial charge >= 0.3 is 81.4 Å². The van der Waals surface area contributed by atoms with Gasteiger partial charge in [0.15, 0.2) is 0 Å². The third kappa shape index (κ3) is 2.58. The Morgan fingerprint density at radius 2 is 1.67 bits per heavy atom. The number of alkyl halides is 2. The van der Waals surface area contributed by atoms with E-state index in [-0.39, 0.29) is 0 Å². The quantitative estimate of drug-likeness (QED) is 0.312. The predicted molar refractivity (Wildman–Crippen MR) is 60.3 cm³/mol. The zero-order valence-electron chi connectivity index (χ0n) is 8.01. The van der Waals surface area contributed by atoms with Crippen LogP contribution in [-0.4, -0.2) is 56.8 Å². The van der Waals surface area contributed by atoms with E-state index in [9.17, 15) is 4.79 Å². The van der Waals surface area contributed by atoms with Gasteiger partial charge in [-0.1, -0.05) is 0 Å². The van der Waals surface area contributed by atoms with Crippen LogP contribution in [0, 0.1) is 0 Å². The monoisotopic (exact) mass is 284 g/mol. The van der Waals surface area contributed by atoms with E-state index in [1.54, 1.807) is 0 Å². The first-order valence-electron chi connectivity index (χ1n) is 4.08. The summed E-state index contributed by atoms with van der Waals surface area (Å²) in [6.07, 6.45) is 0. The number of carbonyl (C=O) groups is 1. The van der Waals surface area contributed by atoms with Gasteiger partial charge in [-0.05, 0) is 0 Å². The van der Waals surface area contributed by atoms with Gasteiger partial charge in [0.2, 0.25) is 0 Å². The van der Waals surface area contributed by atoms with Crippen molar-refractivity contribution in [2.24, 2.45) is 0 Å². The summed E-state index contributed by atoms with van der Waals surface area (Å²) in [5.74, 6) is 0. The molecule has 72 valence electrons. The number of hydrogen-bond donors (Lipinski definition) is 0. The first-order valence-corrected chi connectivity index (χ1v) is 9.48. The van der Waals surface area contributed by atoms with Crippen molar-refractivity contribution in [3.8, 4) is 0 Å². The van der Waals surface area contributed by atoms with E-state index in [2.05, 4.69) is 21.8 Å². The summed E-state index contributed by atoms with van der Waals surface area (Å²) in [5, 5.41) is 0. The van der Waals surface area contributed by atoms with Crippen LogP contribution in [0.25, 0.3) is 0 Å². The topological polar surface area (TPSA) is 23.6 Å². The first-order chi connectivity index (χ1) is 5.61. The fourth-order valence-electron chi connectivity index (χ4n) is 1.22. The average Bonchev–Trinajstić information content (AvgIpc) is 2.04. The molecular weight excluding hydrogens is 267 g/mol. The molecule has 0 N–H and O–H groups in total. The van der Waals surface area contributed by atoms with Crippen LogP contribution in [0.2, 0.25) is 0 Å². The van der Waals surface area contributed by atoms with Gasteiger partial charge in [-0.25, -0.2) is 0 Å². The molecule has 1 heterocycles. The minimum absolute atomic E-state index is 0.451. The van der Waals surface area contributed by atoms with Crippen molar-refractivity contribution in [1.82, 2.24) is 9.80 Å². The number of likely N-dealkylation sites (N-methyl/N-ethyl adjacent to an activating group) is 1. The molecule has 1 fully saturated rings. The maximum absolute atomic E-state index is 11.6. The molecule has 1 amide bonds. The number of hydrogen-bond acceptors (Lipinski definition) is 2. The summed E-state index contributed by atoms with van der Waals surface area (Å²) in [4.78, 5) is 20.1. The molecule has 1 aliphatic rings. The molecule has 1 saturated heterocycles. The Kier molecular flexibility index (Phi) is 3.77. The van der Waals surface area contributed by atoms with Crippen molar-refractivity contribution in [3.05, 3.63) is 0 Å². The van der Waals surface area contributed by atoms with Gasteiger partial charge in [0, 0.05) is 0 Å². The third-order valence-electron chi connectivity index (χ3n) is 2.08. The molecule has 1 aliphatic heterocycles. The van der Waals surface area contributed by atoms with Crippen LogP contribution in [0.15, 0.2) is 0 Å². The predicted octanol–water partition coefficient (Wildman–Crippen LogP) is 1.12. The SMILES string of the molecule is CN1CCN(C(=O)I(C)C)CC1. The van der Waals surface area contributed by atoms with Crippen LogP contribution in [0.1, 0.15) is 0 Å². The second kappa shape index (κ2) is 4.41. The maximum atomic E-state index is 11.6. The van der Waals surface area contributed by atoms with Crippen molar-refractivity contribution >= 4 is 23.7 Å². The molecule has 0 saturated carbocycles. The van der Waals surface area contributed by atoms with Gasteiger partial charge < -0.3 is 0 Å². The fourth-order valence-corrected chi connectivity index (χ4v) is 3.07. The van der Waals surface area contributed by atoms with Crippen LogP contribution in [-0.2, 0) is 0 Å². The summed E-state index contributed by atoms with van der Waals surface area (Å²) in [7, 11) is 2.11. The van der Waals surface area contributed by atoms with Crippen LogP contribution < -0.4 is 0 Å². The molecule has 12 heavy (non-hydrogen) atoms. The molecule has 0 bridgehead atoms. The molecule has 0 aromatic rings. The Morgan fingerprint density at radius 3 is 2.08 bits per heavy atom. The van der Waals surface area contributed by atoms with Gasteiger partial charge in [-0.15, -0.1) is 0 Å². The Morgan fingerprint density at radius 1 is 1.17 bits per heavy atom. The Hall–Kier alpha value is 0.160. The van der Waals surface area contributed by atoms with Crippen LogP contribution in [0.4, 0.5) is 4.79 Å². The molecule has 1 rings (SSSR count). The van der Waals surface area contributed by atoms with Crippen LogP contribution in [0.3, 0.4) is 0 Å². The molecule has 0 radical (unpaired) electrons. The molecule has 0 aromatic carbocycles. The van der Waals surface area contributed by atoms with E-state index >= 15 is 0 Å². The van der Waals surface area contributed by atoms with Crippen molar-refractivity contribution in [2.75, 3.05) is 43.1 Å². The number of carbonyl (C=O) groups excluding carboxylic acids is 1. The molecule has 0 aromatic heterocycles. The molecule has 4 heteroatoms. The number of piperazine rings is 1. The summed E-state index contributed by atoms with van der Waals surface area (Å²) in [5.41, 5.74) is 0. The van der Waals surface area contributed by atoms with Gasteiger partial charge in [0.05, 0.1) is 0 Å². The average molecular weight is 284 g/mol. The molecule has 0 unspecified atom stereocenters. The zero-order valence-corrected chi connectivity index (χ0v) is 10.2. The van der Waals surface area contributed by atoms with Crippen molar-refractivity contribution < 1.29 is 4.79 Å². The van der Waals surface area contributed by atoms with Crippen molar-refractivity contribution in [3.63, 3.8) is 0 Å². The van der Waals surface area contributed by atoms with Gasteiger partial charge in [0.25, 0.3) is 0 Å². The van der Waals surface area contributed by atoms with Crippen LogP contribution in [0.5, 0.6) is 0 Å². The van der Waals surface area contributed by atoms with E-state index in [0.29, 0.717) is 3.91 Å². The second-order valence-electron chi connectivity index (χ2n) is 3.30. The zero-order chi connectivity index (χ0) is 9.14. The van der Waals surface area contributed by atoms with E-state index in [4.69, 9.17) is 0 Å². The summed E-state index contributed by atoms with van der Waals surface area (Å²) in [6, 6.07) is 0. The molecule has 3 nitrogen and oxygen atoms in total. The Balaban J connectivity index is 2.39. The minimum atomic E-state index is -1.25.